The van der Waals surface area contributed by atoms with Gasteiger partial charge in [-0.15, -0.1) is 0 Å². The molecule has 1 unspecified atom stereocenters. The number of halogens is 1. The second kappa shape index (κ2) is 8.46. The van der Waals surface area contributed by atoms with Gasteiger partial charge in [-0.05, 0) is 55.5 Å². The summed E-state index contributed by atoms with van der Waals surface area (Å²) in [7, 11) is 0. The van der Waals surface area contributed by atoms with Crippen molar-refractivity contribution in [3.8, 4) is 11.8 Å². The van der Waals surface area contributed by atoms with Crippen LogP contribution >= 0.6 is 11.6 Å². The van der Waals surface area contributed by atoms with Gasteiger partial charge in [0, 0.05) is 5.02 Å². The van der Waals surface area contributed by atoms with Crippen LogP contribution < -0.4 is 4.74 Å². The molecule has 0 spiro atoms. The Kier molecular flexibility index (Phi) is 6.30. The first-order valence-corrected chi connectivity index (χ1v) is 7.92. The van der Waals surface area contributed by atoms with Crippen molar-refractivity contribution in [2.24, 2.45) is 0 Å². The van der Waals surface area contributed by atoms with Crippen LogP contribution in [0.3, 0.4) is 0 Å². The number of nitrogens with zero attached hydrogens (tertiary/aromatic N) is 1. The second-order valence-corrected chi connectivity index (χ2v) is 5.78. The van der Waals surface area contributed by atoms with Crippen molar-refractivity contribution in [2.75, 3.05) is 6.61 Å². The zero-order valence-corrected chi connectivity index (χ0v) is 13.5. The quantitative estimate of drug-likeness (QED) is 0.632. The van der Waals surface area contributed by atoms with Crippen molar-refractivity contribution >= 4 is 11.6 Å². The van der Waals surface area contributed by atoms with E-state index in [9.17, 15) is 5.26 Å². The number of hydrogen-bond donors (Lipinski definition) is 0. The van der Waals surface area contributed by atoms with Gasteiger partial charge in [-0.1, -0.05) is 41.9 Å². The molecular formula is C19H20ClNO. The lowest BCUT2D eigenvalue weighted by molar-refractivity contribution is 0.302. The largest absolute Gasteiger partial charge is 0.493 e. The van der Waals surface area contributed by atoms with Crippen LogP contribution in [0.2, 0.25) is 5.02 Å². The molecule has 0 aromatic heterocycles. The van der Waals surface area contributed by atoms with Gasteiger partial charge in [-0.3, -0.25) is 0 Å². The number of ether oxygens (including phenoxy) is 1. The molecule has 0 bridgehead atoms. The SMILES string of the molecule is Cc1ccccc1OCCCCC(C#N)c1ccc(Cl)cc1. The summed E-state index contributed by atoms with van der Waals surface area (Å²) in [6.07, 6.45) is 2.75. The summed E-state index contributed by atoms with van der Waals surface area (Å²) >= 11 is 5.88. The summed E-state index contributed by atoms with van der Waals surface area (Å²) in [6, 6.07) is 17.9. The van der Waals surface area contributed by atoms with E-state index < -0.39 is 0 Å². The standard InChI is InChI=1S/C19H20ClNO/c1-15-6-2-3-8-19(15)22-13-5-4-7-17(14-21)16-9-11-18(20)12-10-16/h2-3,6,8-12,17H,4-5,7,13H2,1H3. The second-order valence-electron chi connectivity index (χ2n) is 5.34. The first-order chi connectivity index (χ1) is 10.7. The highest BCUT2D eigenvalue weighted by Crippen LogP contribution is 2.23. The normalized spacial score (nSPS) is 11.7. The summed E-state index contributed by atoms with van der Waals surface area (Å²) in [5.74, 6) is 0.868. The molecule has 2 aromatic carbocycles. The van der Waals surface area contributed by atoms with Gasteiger partial charge < -0.3 is 4.74 Å². The molecule has 22 heavy (non-hydrogen) atoms. The Morgan fingerprint density at radius 2 is 1.82 bits per heavy atom. The van der Waals surface area contributed by atoms with Gasteiger partial charge in [0.2, 0.25) is 0 Å². The molecule has 1 atom stereocenters. The van der Waals surface area contributed by atoms with Gasteiger partial charge in [-0.2, -0.15) is 5.26 Å². The fraction of sp³-hybridized carbons (Fsp3) is 0.316. The predicted octanol–water partition coefficient (Wildman–Crippen LogP) is 5.50. The molecular weight excluding hydrogens is 294 g/mol. The monoisotopic (exact) mass is 313 g/mol. The molecule has 2 nitrogen and oxygen atoms in total. The van der Waals surface area contributed by atoms with Crippen LogP contribution in [0.5, 0.6) is 5.75 Å². The molecule has 2 aromatic rings. The summed E-state index contributed by atoms with van der Waals surface area (Å²) in [4.78, 5) is 0. The molecule has 0 heterocycles. The lowest BCUT2D eigenvalue weighted by atomic mass is 9.95. The summed E-state index contributed by atoms with van der Waals surface area (Å²) in [6.45, 7) is 2.73. The molecule has 0 aliphatic carbocycles. The third-order valence-electron chi connectivity index (χ3n) is 3.67. The van der Waals surface area contributed by atoms with E-state index in [-0.39, 0.29) is 5.92 Å². The molecule has 0 fully saturated rings. The van der Waals surface area contributed by atoms with Crippen molar-refractivity contribution in [1.82, 2.24) is 0 Å². The zero-order valence-electron chi connectivity index (χ0n) is 12.8. The van der Waals surface area contributed by atoms with E-state index in [4.69, 9.17) is 16.3 Å². The first kappa shape index (κ1) is 16.4. The Morgan fingerprint density at radius 3 is 2.50 bits per heavy atom. The van der Waals surface area contributed by atoms with Gasteiger partial charge >= 0.3 is 0 Å². The van der Waals surface area contributed by atoms with E-state index in [2.05, 4.69) is 6.07 Å². The van der Waals surface area contributed by atoms with Crippen molar-refractivity contribution in [1.29, 1.82) is 5.26 Å². The Bertz CT molecular complexity index is 631. The Morgan fingerprint density at radius 1 is 1.09 bits per heavy atom. The van der Waals surface area contributed by atoms with Gasteiger partial charge in [0.25, 0.3) is 0 Å². The number of para-hydroxylation sites is 1. The van der Waals surface area contributed by atoms with Gasteiger partial charge in [-0.25, -0.2) is 0 Å². The van der Waals surface area contributed by atoms with Crippen LogP contribution in [0.25, 0.3) is 0 Å². The van der Waals surface area contributed by atoms with Crippen LogP contribution in [0, 0.1) is 18.3 Å². The Balaban J connectivity index is 1.74. The van der Waals surface area contributed by atoms with Gasteiger partial charge in [0.05, 0.1) is 18.6 Å². The van der Waals surface area contributed by atoms with E-state index >= 15 is 0 Å². The molecule has 0 aliphatic heterocycles. The summed E-state index contributed by atoms with van der Waals surface area (Å²) < 4.78 is 5.77. The number of rotatable bonds is 7. The maximum Gasteiger partial charge on any atom is 0.122 e. The molecule has 0 saturated carbocycles. The number of nitriles is 1. The molecule has 0 amide bonds. The Hall–Kier alpha value is -1.98. The molecule has 0 aliphatic rings. The highest BCUT2D eigenvalue weighted by molar-refractivity contribution is 6.30. The van der Waals surface area contributed by atoms with Crippen LogP contribution in [0.1, 0.15) is 36.3 Å². The van der Waals surface area contributed by atoms with Gasteiger partial charge in [0.1, 0.15) is 5.75 Å². The van der Waals surface area contributed by atoms with E-state index in [1.54, 1.807) is 0 Å². The highest BCUT2D eigenvalue weighted by Gasteiger charge is 2.10. The minimum absolute atomic E-state index is 0.0734. The fourth-order valence-corrected chi connectivity index (χ4v) is 2.48. The van der Waals surface area contributed by atoms with Gasteiger partial charge in [0.15, 0.2) is 0 Å². The molecule has 0 N–H and O–H groups in total. The average Bonchev–Trinajstić information content (AvgIpc) is 2.54. The van der Waals surface area contributed by atoms with Crippen molar-refractivity contribution < 1.29 is 4.74 Å². The smallest absolute Gasteiger partial charge is 0.122 e. The van der Waals surface area contributed by atoms with Crippen LogP contribution in [0.15, 0.2) is 48.5 Å². The molecule has 3 heteroatoms. The lowest BCUT2D eigenvalue weighted by Gasteiger charge is -2.11. The van der Waals surface area contributed by atoms with E-state index in [0.717, 1.165) is 36.1 Å². The highest BCUT2D eigenvalue weighted by atomic mass is 35.5. The van der Waals surface area contributed by atoms with E-state index in [1.807, 2.05) is 55.5 Å². The fourth-order valence-electron chi connectivity index (χ4n) is 2.35. The lowest BCUT2D eigenvalue weighted by Crippen LogP contribution is -2.01. The third-order valence-corrected chi connectivity index (χ3v) is 3.92. The number of unbranched alkanes of at least 4 members (excludes halogenated alkanes) is 1. The first-order valence-electron chi connectivity index (χ1n) is 7.54. The molecule has 0 radical (unpaired) electrons. The Labute approximate surface area is 137 Å². The van der Waals surface area contributed by atoms with Crippen molar-refractivity contribution in [2.45, 2.75) is 32.1 Å². The predicted molar refractivity (Wildman–Crippen MR) is 90.3 cm³/mol. The molecule has 114 valence electrons. The van der Waals surface area contributed by atoms with Crippen LogP contribution in [-0.2, 0) is 0 Å². The van der Waals surface area contributed by atoms with Crippen molar-refractivity contribution in [3.05, 3.63) is 64.7 Å². The summed E-state index contributed by atoms with van der Waals surface area (Å²) in [5, 5.41) is 10.0. The minimum atomic E-state index is -0.0734. The zero-order chi connectivity index (χ0) is 15.8. The van der Waals surface area contributed by atoms with Crippen LogP contribution in [-0.4, -0.2) is 6.61 Å². The third kappa shape index (κ3) is 4.79. The topological polar surface area (TPSA) is 33.0 Å². The molecule has 0 saturated heterocycles. The van der Waals surface area contributed by atoms with E-state index in [0.29, 0.717) is 11.6 Å². The maximum atomic E-state index is 9.31. The number of aryl methyl sites for hydroxylation is 1. The minimum Gasteiger partial charge on any atom is -0.493 e. The van der Waals surface area contributed by atoms with E-state index in [1.165, 1.54) is 0 Å². The van der Waals surface area contributed by atoms with Crippen LogP contribution in [0.4, 0.5) is 0 Å². The number of benzene rings is 2. The number of hydrogen-bond acceptors (Lipinski definition) is 2. The maximum absolute atomic E-state index is 9.31. The average molecular weight is 314 g/mol. The molecule has 2 rings (SSSR count). The summed E-state index contributed by atoms with van der Waals surface area (Å²) in [5.41, 5.74) is 2.19. The van der Waals surface area contributed by atoms with Crippen molar-refractivity contribution in [3.63, 3.8) is 0 Å².